The fourth-order valence-corrected chi connectivity index (χ4v) is 2.16. The molecule has 1 aromatic rings. The highest BCUT2D eigenvalue weighted by atomic mass is 16.5. The van der Waals surface area contributed by atoms with Crippen molar-refractivity contribution in [2.24, 2.45) is 0 Å². The Kier molecular flexibility index (Phi) is 8.71. The molecule has 0 unspecified atom stereocenters. The van der Waals surface area contributed by atoms with E-state index >= 15 is 0 Å². The van der Waals surface area contributed by atoms with Gasteiger partial charge in [-0.1, -0.05) is 69.9 Å². The molecule has 17 heavy (non-hydrogen) atoms. The number of unbranched alkanes of at least 4 members (excludes halogenated alkanes) is 9. The third-order valence-electron chi connectivity index (χ3n) is 3.28. The smallest absolute Gasteiger partial charge is 0.124 e. The molecule has 0 aromatic carbocycles. The van der Waals surface area contributed by atoms with E-state index in [0.29, 0.717) is 0 Å². The largest absolute Gasteiger partial charge is 0.365 e. The number of hydrogen-bond acceptors (Lipinski definition) is 2. The lowest BCUT2D eigenvalue weighted by Crippen LogP contribution is -1.86. The molecule has 0 bridgehead atoms. The van der Waals surface area contributed by atoms with Gasteiger partial charge in [-0.3, -0.25) is 0 Å². The summed E-state index contributed by atoms with van der Waals surface area (Å²) in [4.78, 5) is 0. The predicted molar refractivity (Wildman–Crippen MR) is 72.1 cm³/mol. The van der Waals surface area contributed by atoms with Crippen molar-refractivity contribution in [1.29, 1.82) is 0 Å². The average Bonchev–Trinajstić information content (AvgIpc) is 2.85. The van der Waals surface area contributed by atoms with E-state index in [2.05, 4.69) is 12.1 Å². The second kappa shape index (κ2) is 10.4. The summed E-state index contributed by atoms with van der Waals surface area (Å²) >= 11 is 0. The molecule has 2 heteroatoms. The summed E-state index contributed by atoms with van der Waals surface area (Å²) in [6.07, 6.45) is 16.6. The number of aromatic nitrogens is 1. The average molecular weight is 237 g/mol. The van der Waals surface area contributed by atoms with Crippen LogP contribution in [-0.2, 0) is 6.42 Å². The van der Waals surface area contributed by atoms with E-state index in [1.165, 1.54) is 64.2 Å². The summed E-state index contributed by atoms with van der Waals surface area (Å²) in [5.74, 6) is 0. The van der Waals surface area contributed by atoms with Crippen molar-refractivity contribution in [2.45, 2.75) is 77.6 Å². The molecular weight excluding hydrogens is 210 g/mol. The van der Waals surface area contributed by atoms with E-state index in [1.807, 2.05) is 6.07 Å². The molecule has 2 nitrogen and oxygen atoms in total. The summed E-state index contributed by atoms with van der Waals surface area (Å²) in [5.41, 5.74) is 1.10. The minimum Gasteiger partial charge on any atom is -0.365 e. The van der Waals surface area contributed by atoms with Crippen molar-refractivity contribution in [3.8, 4) is 0 Å². The molecule has 98 valence electrons. The van der Waals surface area contributed by atoms with Crippen LogP contribution in [0.4, 0.5) is 0 Å². The molecule has 0 atom stereocenters. The Morgan fingerprint density at radius 3 is 2.00 bits per heavy atom. The summed E-state index contributed by atoms with van der Waals surface area (Å²) in [5, 5.41) is 3.92. The van der Waals surface area contributed by atoms with Crippen molar-refractivity contribution < 1.29 is 4.52 Å². The highest BCUT2D eigenvalue weighted by molar-refractivity contribution is 4.94. The molecule has 0 spiro atoms. The number of rotatable bonds is 11. The van der Waals surface area contributed by atoms with Crippen LogP contribution in [0, 0.1) is 0 Å². The van der Waals surface area contributed by atoms with Crippen molar-refractivity contribution in [3.05, 3.63) is 18.0 Å². The number of nitrogens with zero attached hydrogens (tertiary/aromatic N) is 1. The molecule has 0 saturated heterocycles. The molecule has 1 rings (SSSR count). The molecule has 0 radical (unpaired) electrons. The molecular formula is C15H27NO. The van der Waals surface area contributed by atoms with Gasteiger partial charge in [0.25, 0.3) is 0 Å². The zero-order chi connectivity index (χ0) is 12.2. The molecule has 0 N–H and O–H groups in total. The lowest BCUT2D eigenvalue weighted by atomic mass is 10.1. The van der Waals surface area contributed by atoms with Gasteiger partial charge in [-0.2, -0.15) is 0 Å². The summed E-state index contributed by atoms with van der Waals surface area (Å²) in [6, 6.07) is 1.97. The number of aryl methyl sites for hydroxylation is 1. The van der Waals surface area contributed by atoms with Crippen LogP contribution in [0.5, 0.6) is 0 Å². The maximum Gasteiger partial charge on any atom is 0.124 e. The van der Waals surface area contributed by atoms with E-state index in [1.54, 1.807) is 6.26 Å². The first kappa shape index (κ1) is 14.3. The van der Waals surface area contributed by atoms with E-state index < -0.39 is 0 Å². The summed E-state index contributed by atoms with van der Waals surface area (Å²) in [6.45, 7) is 2.27. The van der Waals surface area contributed by atoms with Crippen molar-refractivity contribution >= 4 is 0 Å². The van der Waals surface area contributed by atoms with Crippen LogP contribution in [0.15, 0.2) is 16.9 Å². The van der Waals surface area contributed by atoms with Gasteiger partial charge in [0.1, 0.15) is 6.26 Å². The Morgan fingerprint density at radius 2 is 1.47 bits per heavy atom. The minimum atomic E-state index is 1.08. The third-order valence-corrected chi connectivity index (χ3v) is 3.28. The van der Waals surface area contributed by atoms with E-state index in [9.17, 15) is 0 Å². The Labute approximate surface area is 106 Å². The summed E-state index contributed by atoms with van der Waals surface area (Å²) < 4.78 is 4.81. The van der Waals surface area contributed by atoms with Crippen LogP contribution in [-0.4, -0.2) is 5.16 Å². The first-order chi connectivity index (χ1) is 8.43. The molecule has 0 saturated carbocycles. The van der Waals surface area contributed by atoms with Crippen molar-refractivity contribution in [2.75, 3.05) is 0 Å². The molecule has 0 aliphatic rings. The maximum absolute atomic E-state index is 4.81. The van der Waals surface area contributed by atoms with Gasteiger partial charge < -0.3 is 4.52 Å². The first-order valence-electron chi connectivity index (χ1n) is 7.32. The molecule has 0 amide bonds. The quantitative estimate of drug-likeness (QED) is 0.498. The molecule has 1 heterocycles. The normalized spacial score (nSPS) is 10.9. The second-order valence-electron chi connectivity index (χ2n) is 4.92. The van der Waals surface area contributed by atoms with Gasteiger partial charge in [-0.05, 0) is 12.8 Å². The van der Waals surface area contributed by atoms with Crippen molar-refractivity contribution in [1.82, 2.24) is 5.16 Å². The Hall–Kier alpha value is -0.790. The van der Waals surface area contributed by atoms with Crippen LogP contribution >= 0.6 is 0 Å². The van der Waals surface area contributed by atoms with Gasteiger partial charge in [0, 0.05) is 6.07 Å². The van der Waals surface area contributed by atoms with Gasteiger partial charge in [-0.15, -0.1) is 0 Å². The zero-order valence-corrected chi connectivity index (χ0v) is 11.3. The molecule has 0 aliphatic carbocycles. The monoisotopic (exact) mass is 237 g/mol. The highest BCUT2D eigenvalue weighted by Crippen LogP contribution is 2.11. The Morgan fingerprint density at radius 1 is 0.882 bits per heavy atom. The second-order valence-corrected chi connectivity index (χ2v) is 4.92. The Bertz CT molecular complexity index is 243. The lowest BCUT2D eigenvalue weighted by molar-refractivity contribution is 0.410. The van der Waals surface area contributed by atoms with Gasteiger partial charge >= 0.3 is 0 Å². The highest BCUT2D eigenvalue weighted by Gasteiger charge is 1.96. The van der Waals surface area contributed by atoms with Gasteiger partial charge in [-0.25, -0.2) is 0 Å². The van der Waals surface area contributed by atoms with Gasteiger partial charge in [0.05, 0.1) is 5.69 Å². The number of hydrogen-bond donors (Lipinski definition) is 0. The lowest BCUT2D eigenvalue weighted by Gasteiger charge is -2.01. The Balaban J connectivity index is 1.76. The standard InChI is InChI=1S/C15H27NO/c1-2-3-4-5-6-7-8-9-10-11-12-15-13-14-17-16-15/h13-14H,2-12H2,1H3. The SMILES string of the molecule is CCCCCCCCCCCCc1ccon1. The van der Waals surface area contributed by atoms with E-state index in [0.717, 1.165) is 12.1 Å². The predicted octanol–water partition coefficient (Wildman–Crippen LogP) is 5.14. The van der Waals surface area contributed by atoms with Crippen LogP contribution in [0.3, 0.4) is 0 Å². The fourth-order valence-electron chi connectivity index (χ4n) is 2.16. The van der Waals surface area contributed by atoms with Crippen LogP contribution in [0.25, 0.3) is 0 Å². The zero-order valence-electron chi connectivity index (χ0n) is 11.3. The van der Waals surface area contributed by atoms with E-state index in [-0.39, 0.29) is 0 Å². The topological polar surface area (TPSA) is 26.0 Å². The fraction of sp³-hybridized carbons (Fsp3) is 0.800. The van der Waals surface area contributed by atoms with Crippen LogP contribution in [0.2, 0.25) is 0 Å². The first-order valence-corrected chi connectivity index (χ1v) is 7.32. The van der Waals surface area contributed by atoms with Crippen LogP contribution in [0.1, 0.15) is 76.8 Å². The van der Waals surface area contributed by atoms with Crippen molar-refractivity contribution in [3.63, 3.8) is 0 Å². The third kappa shape index (κ3) is 8.00. The molecule has 1 aromatic heterocycles. The maximum atomic E-state index is 4.81. The molecule has 0 fully saturated rings. The van der Waals surface area contributed by atoms with E-state index in [4.69, 9.17) is 4.52 Å². The summed E-state index contributed by atoms with van der Waals surface area (Å²) in [7, 11) is 0. The van der Waals surface area contributed by atoms with Gasteiger partial charge in [0.2, 0.25) is 0 Å². The molecule has 0 aliphatic heterocycles. The minimum absolute atomic E-state index is 1.08. The van der Waals surface area contributed by atoms with Crippen LogP contribution < -0.4 is 0 Å². The van der Waals surface area contributed by atoms with Gasteiger partial charge in [0.15, 0.2) is 0 Å².